The molecule has 3 aromatic carbocycles. The number of fused-ring (bicyclic) bond motifs is 1. The lowest BCUT2D eigenvalue weighted by Gasteiger charge is -2.16. The highest BCUT2D eigenvalue weighted by Crippen LogP contribution is 2.37. The Morgan fingerprint density at radius 1 is 0.733 bits per heavy atom. The summed E-state index contributed by atoms with van der Waals surface area (Å²) in [6, 6.07) is 9.25. The fourth-order valence-electron chi connectivity index (χ4n) is 4.28. The van der Waals surface area contributed by atoms with Crippen LogP contribution in [0.5, 0.6) is 0 Å². The van der Waals surface area contributed by atoms with Gasteiger partial charge < -0.3 is 0 Å². The van der Waals surface area contributed by atoms with Gasteiger partial charge in [0.25, 0.3) is 0 Å². The molecular weight excluding hydrogens is 395 g/mol. The van der Waals surface area contributed by atoms with Crippen LogP contribution in [0, 0.1) is 40.9 Å². The van der Waals surface area contributed by atoms with Gasteiger partial charge in [0.15, 0.2) is 17.5 Å². The van der Waals surface area contributed by atoms with Crippen molar-refractivity contribution in [1.29, 1.82) is 0 Å². The third kappa shape index (κ3) is 3.62. The summed E-state index contributed by atoms with van der Waals surface area (Å²) < 4.78 is 69.7. The normalized spacial score (nSPS) is 16.6. The van der Waals surface area contributed by atoms with E-state index in [0.717, 1.165) is 31.4 Å². The Morgan fingerprint density at radius 3 is 1.90 bits per heavy atom. The minimum Gasteiger partial charge on any atom is -0.206 e. The molecule has 156 valence electrons. The van der Waals surface area contributed by atoms with Gasteiger partial charge in [0.2, 0.25) is 0 Å². The van der Waals surface area contributed by atoms with Crippen molar-refractivity contribution in [3.63, 3.8) is 0 Å². The molecule has 4 rings (SSSR count). The fraction of sp³-hybridized carbons (Fsp3) is 0.280. The van der Waals surface area contributed by atoms with Gasteiger partial charge in [-0.05, 0) is 76.8 Å². The van der Waals surface area contributed by atoms with E-state index in [2.05, 4.69) is 13.8 Å². The van der Waals surface area contributed by atoms with Crippen LogP contribution < -0.4 is 0 Å². The monoisotopic (exact) mass is 416 g/mol. The summed E-state index contributed by atoms with van der Waals surface area (Å²) in [6.45, 7) is 4.41. The molecule has 5 heteroatoms. The second-order valence-electron chi connectivity index (χ2n) is 8.11. The lowest BCUT2D eigenvalue weighted by atomic mass is 9.89. The molecule has 30 heavy (non-hydrogen) atoms. The first-order valence-corrected chi connectivity index (χ1v) is 10.0. The number of halogens is 5. The summed E-state index contributed by atoms with van der Waals surface area (Å²) in [5, 5.41) is 0. The predicted molar refractivity (Wildman–Crippen MR) is 107 cm³/mol. The molecule has 0 radical (unpaired) electrons. The first-order chi connectivity index (χ1) is 14.3. The Balaban J connectivity index is 1.70. The molecule has 0 spiro atoms. The number of hydrogen-bond donors (Lipinski definition) is 0. The Hall–Kier alpha value is -2.69. The van der Waals surface area contributed by atoms with E-state index in [4.69, 9.17) is 0 Å². The van der Waals surface area contributed by atoms with Gasteiger partial charge in [-0.1, -0.05) is 38.5 Å². The van der Waals surface area contributed by atoms with Crippen LogP contribution in [0.1, 0.15) is 31.4 Å². The van der Waals surface area contributed by atoms with Crippen molar-refractivity contribution in [2.45, 2.75) is 33.1 Å². The van der Waals surface area contributed by atoms with Crippen molar-refractivity contribution < 1.29 is 22.0 Å². The molecule has 0 bridgehead atoms. The van der Waals surface area contributed by atoms with E-state index < -0.39 is 40.2 Å². The van der Waals surface area contributed by atoms with Crippen LogP contribution in [0.4, 0.5) is 22.0 Å². The maximum atomic E-state index is 14.8. The predicted octanol–water partition coefficient (Wildman–Crippen LogP) is 7.48. The van der Waals surface area contributed by atoms with Crippen LogP contribution in [0.15, 0.2) is 42.5 Å². The average Bonchev–Trinajstić information content (AvgIpc) is 3.14. The van der Waals surface area contributed by atoms with Crippen molar-refractivity contribution in [3.8, 4) is 22.3 Å². The number of rotatable bonds is 4. The highest BCUT2D eigenvalue weighted by molar-refractivity contribution is 5.72. The van der Waals surface area contributed by atoms with Gasteiger partial charge in [-0.25, -0.2) is 22.0 Å². The van der Waals surface area contributed by atoms with Gasteiger partial charge in [-0.15, -0.1) is 0 Å². The van der Waals surface area contributed by atoms with Crippen LogP contribution in [-0.4, -0.2) is 0 Å². The van der Waals surface area contributed by atoms with Gasteiger partial charge in [-0.2, -0.15) is 0 Å². The van der Waals surface area contributed by atoms with Gasteiger partial charge >= 0.3 is 0 Å². The Kier molecular flexibility index (Phi) is 5.39. The van der Waals surface area contributed by atoms with Crippen molar-refractivity contribution in [2.24, 2.45) is 11.8 Å². The zero-order valence-electron chi connectivity index (χ0n) is 16.7. The van der Waals surface area contributed by atoms with E-state index in [1.54, 1.807) is 0 Å². The zero-order valence-corrected chi connectivity index (χ0v) is 16.7. The Labute approximate surface area is 172 Å². The third-order valence-electron chi connectivity index (χ3n) is 6.27. The van der Waals surface area contributed by atoms with Crippen LogP contribution in [-0.2, 0) is 12.8 Å². The molecule has 2 atom stereocenters. The lowest BCUT2D eigenvalue weighted by molar-refractivity contribution is 0.363. The molecule has 1 aliphatic carbocycles. The molecule has 0 saturated heterocycles. The van der Waals surface area contributed by atoms with Gasteiger partial charge in [0, 0.05) is 0 Å². The second-order valence-corrected chi connectivity index (χ2v) is 8.11. The van der Waals surface area contributed by atoms with Crippen LogP contribution in [0.2, 0.25) is 0 Å². The average molecular weight is 416 g/mol. The van der Waals surface area contributed by atoms with Crippen molar-refractivity contribution in [2.75, 3.05) is 0 Å². The molecule has 0 heterocycles. The Bertz CT molecular complexity index is 1070. The van der Waals surface area contributed by atoms with E-state index in [9.17, 15) is 22.0 Å². The standard InChI is InChI=1S/C25H21F5/c1-3-13(2)16-6-14-4-5-15(7-17(14)8-16)18-9-20(26)24(21(27)10-18)19-11-22(28)25(30)23(29)12-19/h4-5,7,9-13,16H,3,6,8H2,1-2H3/t13-,16?/m1/s1. The molecule has 0 N–H and O–H groups in total. The maximum absolute atomic E-state index is 14.8. The highest BCUT2D eigenvalue weighted by atomic mass is 19.2. The molecular formula is C25H21F5. The summed E-state index contributed by atoms with van der Waals surface area (Å²) in [5.41, 5.74) is 2.49. The van der Waals surface area contributed by atoms with Crippen LogP contribution in [0.25, 0.3) is 22.3 Å². The van der Waals surface area contributed by atoms with Gasteiger partial charge in [-0.3, -0.25) is 0 Å². The number of benzene rings is 3. The lowest BCUT2D eigenvalue weighted by Crippen LogP contribution is -2.10. The minimum absolute atomic E-state index is 0.339. The largest absolute Gasteiger partial charge is 0.206 e. The molecule has 1 unspecified atom stereocenters. The van der Waals surface area contributed by atoms with E-state index in [1.165, 1.54) is 11.1 Å². The SMILES string of the molecule is CC[C@@H](C)C1Cc2ccc(-c3cc(F)c(-c4cc(F)c(F)c(F)c4)c(F)c3)cc2C1. The van der Waals surface area contributed by atoms with Gasteiger partial charge in [0.1, 0.15) is 11.6 Å². The molecule has 0 amide bonds. The first kappa shape index (κ1) is 20.6. The van der Waals surface area contributed by atoms with Gasteiger partial charge in [0.05, 0.1) is 5.56 Å². The molecule has 0 saturated carbocycles. The third-order valence-corrected chi connectivity index (χ3v) is 6.27. The fourth-order valence-corrected chi connectivity index (χ4v) is 4.28. The van der Waals surface area contributed by atoms with E-state index >= 15 is 0 Å². The maximum Gasteiger partial charge on any atom is 0.194 e. The van der Waals surface area contributed by atoms with Crippen LogP contribution in [0.3, 0.4) is 0 Å². The highest BCUT2D eigenvalue weighted by Gasteiger charge is 2.26. The summed E-state index contributed by atoms with van der Waals surface area (Å²) in [7, 11) is 0. The smallest absolute Gasteiger partial charge is 0.194 e. The number of hydrogen-bond acceptors (Lipinski definition) is 0. The molecule has 0 aromatic heterocycles. The molecule has 0 nitrogen and oxygen atoms in total. The van der Waals surface area contributed by atoms with E-state index in [-0.39, 0.29) is 0 Å². The van der Waals surface area contributed by atoms with E-state index in [0.29, 0.717) is 35.1 Å². The van der Waals surface area contributed by atoms with Crippen molar-refractivity contribution >= 4 is 0 Å². The summed E-state index contributed by atoms with van der Waals surface area (Å²) in [5.74, 6) is -5.43. The minimum atomic E-state index is -1.68. The van der Waals surface area contributed by atoms with Crippen molar-refractivity contribution in [1.82, 2.24) is 0 Å². The molecule has 1 aliphatic rings. The first-order valence-electron chi connectivity index (χ1n) is 10.0. The van der Waals surface area contributed by atoms with Crippen LogP contribution >= 0.6 is 0 Å². The summed E-state index contributed by atoms with van der Waals surface area (Å²) in [6.07, 6.45) is 3.05. The molecule has 0 fully saturated rings. The Morgan fingerprint density at radius 2 is 1.30 bits per heavy atom. The van der Waals surface area contributed by atoms with E-state index in [1.807, 2.05) is 18.2 Å². The summed E-state index contributed by atoms with van der Waals surface area (Å²) in [4.78, 5) is 0. The topological polar surface area (TPSA) is 0 Å². The zero-order chi connectivity index (χ0) is 21.6. The molecule has 3 aromatic rings. The van der Waals surface area contributed by atoms with Crippen molar-refractivity contribution in [3.05, 3.63) is 82.7 Å². The summed E-state index contributed by atoms with van der Waals surface area (Å²) >= 11 is 0. The molecule has 0 aliphatic heterocycles. The quantitative estimate of drug-likeness (QED) is 0.306. The second kappa shape index (κ2) is 7.86.